The number of aliphatic imine (C=N–C) groups is 1. The molecule has 0 bridgehead atoms. The Morgan fingerprint density at radius 3 is 3.10 bits per heavy atom. The van der Waals surface area contributed by atoms with Crippen LogP contribution in [0.1, 0.15) is 19.8 Å². The Morgan fingerprint density at radius 1 is 1.80 bits per heavy atom. The van der Waals surface area contributed by atoms with E-state index in [0.717, 1.165) is 30.9 Å². The molecular weight excluding hydrogens is 124 g/mol. The lowest BCUT2D eigenvalue weighted by molar-refractivity contribution is 0.929. The van der Waals surface area contributed by atoms with Crippen LogP contribution in [0.15, 0.2) is 17.1 Å². The zero-order valence-electron chi connectivity index (χ0n) is 6.48. The van der Waals surface area contributed by atoms with Crippen molar-refractivity contribution < 1.29 is 0 Å². The van der Waals surface area contributed by atoms with Crippen LogP contribution < -0.4 is 5.32 Å². The Morgan fingerprint density at radius 2 is 2.60 bits per heavy atom. The van der Waals surface area contributed by atoms with E-state index in [9.17, 15) is 0 Å². The van der Waals surface area contributed by atoms with Gasteiger partial charge in [0.05, 0.1) is 5.84 Å². The van der Waals surface area contributed by atoms with Crippen molar-refractivity contribution in [1.29, 1.82) is 0 Å². The van der Waals surface area contributed by atoms with Gasteiger partial charge in [0.15, 0.2) is 0 Å². The van der Waals surface area contributed by atoms with Gasteiger partial charge in [0.25, 0.3) is 0 Å². The predicted octanol–water partition coefficient (Wildman–Crippen LogP) is 1.34. The molecule has 0 unspecified atom stereocenters. The molecule has 0 amide bonds. The van der Waals surface area contributed by atoms with Gasteiger partial charge in [-0.05, 0) is 13.3 Å². The lowest BCUT2D eigenvalue weighted by Gasteiger charge is -2.03. The lowest BCUT2D eigenvalue weighted by Crippen LogP contribution is -2.22. The topological polar surface area (TPSA) is 24.4 Å². The minimum Gasteiger partial charge on any atom is -0.370 e. The van der Waals surface area contributed by atoms with Gasteiger partial charge in [-0.1, -0.05) is 12.2 Å². The van der Waals surface area contributed by atoms with Gasteiger partial charge >= 0.3 is 0 Å². The van der Waals surface area contributed by atoms with E-state index >= 15 is 0 Å². The molecule has 2 nitrogen and oxygen atoms in total. The van der Waals surface area contributed by atoms with Gasteiger partial charge in [-0.15, -0.1) is 0 Å². The summed E-state index contributed by atoms with van der Waals surface area (Å²) in [6, 6.07) is 0. The van der Waals surface area contributed by atoms with E-state index in [2.05, 4.69) is 16.9 Å². The van der Waals surface area contributed by atoms with E-state index < -0.39 is 0 Å². The van der Waals surface area contributed by atoms with Crippen LogP contribution in [0, 0.1) is 0 Å². The first-order valence-corrected chi connectivity index (χ1v) is 3.70. The predicted molar refractivity (Wildman–Crippen MR) is 44.4 cm³/mol. The summed E-state index contributed by atoms with van der Waals surface area (Å²) >= 11 is 0. The number of rotatable bonds is 2. The molecule has 0 aliphatic carbocycles. The standard InChI is InChI=1S/C8H14N2/c1-7(2)6-10-8-4-3-5-9-8/h1,3-6H2,2H3,(H,9,10). The lowest BCUT2D eigenvalue weighted by atomic mass is 10.3. The SMILES string of the molecule is C=C(C)CNC1=NCCC1. The van der Waals surface area contributed by atoms with E-state index in [4.69, 9.17) is 0 Å². The molecule has 0 spiro atoms. The molecule has 0 atom stereocenters. The van der Waals surface area contributed by atoms with Crippen molar-refractivity contribution in [2.24, 2.45) is 4.99 Å². The van der Waals surface area contributed by atoms with Crippen molar-refractivity contribution in [3.8, 4) is 0 Å². The summed E-state index contributed by atoms with van der Waals surface area (Å²) in [4.78, 5) is 4.27. The second kappa shape index (κ2) is 3.40. The maximum atomic E-state index is 4.27. The summed E-state index contributed by atoms with van der Waals surface area (Å²) in [5, 5.41) is 3.23. The molecule has 0 aromatic carbocycles. The van der Waals surface area contributed by atoms with Crippen molar-refractivity contribution in [2.75, 3.05) is 13.1 Å². The van der Waals surface area contributed by atoms with Crippen LogP contribution in [0.25, 0.3) is 0 Å². The summed E-state index contributed by atoms with van der Waals surface area (Å²) in [6.07, 6.45) is 2.33. The van der Waals surface area contributed by atoms with Gasteiger partial charge in [0, 0.05) is 19.5 Å². The fourth-order valence-electron chi connectivity index (χ4n) is 0.937. The smallest absolute Gasteiger partial charge is 0.0966 e. The molecule has 56 valence electrons. The zero-order chi connectivity index (χ0) is 7.40. The second-order valence-electron chi connectivity index (χ2n) is 2.74. The van der Waals surface area contributed by atoms with Crippen molar-refractivity contribution in [2.45, 2.75) is 19.8 Å². The molecule has 1 N–H and O–H groups in total. The first-order valence-electron chi connectivity index (χ1n) is 3.70. The number of hydrogen-bond acceptors (Lipinski definition) is 2. The monoisotopic (exact) mass is 138 g/mol. The molecule has 0 saturated carbocycles. The Balaban J connectivity index is 2.19. The molecule has 0 radical (unpaired) electrons. The maximum Gasteiger partial charge on any atom is 0.0966 e. The summed E-state index contributed by atoms with van der Waals surface area (Å²) in [7, 11) is 0. The minimum absolute atomic E-state index is 0.874. The van der Waals surface area contributed by atoms with E-state index in [0.29, 0.717) is 0 Å². The van der Waals surface area contributed by atoms with E-state index in [-0.39, 0.29) is 0 Å². The van der Waals surface area contributed by atoms with E-state index in [1.54, 1.807) is 0 Å². The Bertz CT molecular complexity index is 159. The van der Waals surface area contributed by atoms with Crippen LogP contribution in [0.2, 0.25) is 0 Å². The van der Waals surface area contributed by atoms with Crippen LogP contribution in [-0.4, -0.2) is 18.9 Å². The maximum absolute atomic E-state index is 4.27. The highest BCUT2D eigenvalue weighted by Gasteiger charge is 2.03. The van der Waals surface area contributed by atoms with Crippen molar-refractivity contribution in [1.82, 2.24) is 5.32 Å². The average molecular weight is 138 g/mol. The first kappa shape index (κ1) is 7.32. The fourth-order valence-corrected chi connectivity index (χ4v) is 0.937. The fraction of sp³-hybridized carbons (Fsp3) is 0.625. The first-order chi connectivity index (χ1) is 4.79. The van der Waals surface area contributed by atoms with Gasteiger partial charge < -0.3 is 5.32 Å². The van der Waals surface area contributed by atoms with Crippen molar-refractivity contribution in [3.63, 3.8) is 0 Å². The highest BCUT2D eigenvalue weighted by Crippen LogP contribution is 2.00. The molecule has 1 aliphatic rings. The van der Waals surface area contributed by atoms with Crippen LogP contribution in [0.3, 0.4) is 0 Å². The van der Waals surface area contributed by atoms with E-state index in [1.807, 2.05) is 6.92 Å². The minimum atomic E-state index is 0.874. The second-order valence-corrected chi connectivity index (χ2v) is 2.74. The summed E-state index contributed by atoms with van der Waals surface area (Å²) in [5.41, 5.74) is 1.16. The third kappa shape index (κ3) is 2.21. The summed E-state index contributed by atoms with van der Waals surface area (Å²) < 4.78 is 0. The molecule has 0 aromatic rings. The number of hydrogen-bond donors (Lipinski definition) is 1. The van der Waals surface area contributed by atoms with Gasteiger partial charge in [-0.2, -0.15) is 0 Å². The Kier molecular flexibility index (Phi) is 2.49. The summed E-state index contributed by atoms with van der Waals surface area (Å²) in [6.45, 7) is 7.69. The molecule has 0 aromatic heterocycles. The molecule has 1 rings (SSSR count). The van der Waals surface area contributed by atoms with Gasteiger partial charge in [-0.25, -0.2) is 0 Å². The third-order valence-corrected chi connectivity index (χ3v) is 1.47. The molecular formula is C8H14N2. The third-order valence-electron chi connectivity index (χ3n) is 1.47. The summed E-state index contributed by atoms with van der Waals surface area (Å²) in [5.74, 6) is 1.16. The van der Waals surface area contributed by atoms with Crippen LogP contribution in [-0.2, 0) is 0 Å². The van der Waals surface area contributed by atoms with Crippen molar-refractivity contribution >= 4 is 5.84 Å². The molecule has 0 saturated heterocycles. The number of nitrogens with zero attached hydrogens (tertiary/aromatic N) is 1. The zero-order valence-corrected chi connectivity index (χ0v) is 6.48. The van der Waals surface area contributed by atoms with Gasteiger partial charge in [-0.3, -0.25) is 4.99 Å². The van der Waals surface area contributed by atoms with E-state index in [1.165, 1.54) is 6.42 Å². The molecule has 10 heavy (non-hydrogen) atoms. The van der Waals surface area contributed by atoms with Crippen LogP contribution in [0.5, 0.6) is 0 Å². The number of amidine groups is 1. The number of nitrogens with one attached hydrogen (secondary N) is 1. The largest absolute Gasteiger partial charge is 0.370 e. The molecule has 1 aliphatic heterocycles. The Labute approximate surface area is 62.0 Å². The molecule has 2 heteroatoms. The van der Waals surface area contributed by atoms with Crippen LogP contribution in [0.4, 0.5) is 0 Å². The molecule has 0 fully saturated rings. The normalized spacial score (nSPS) is 16.7. The average Bonchev–Trinajstić information content (AvgIpc) is 2.34. The van der Waals surface area contributed by atoms with Crippen molar-refractivity contribution in [3.05, 3.63) is 12.2 Å². The van der Waals surface area contributed by atoms with Crippen LogP contribution >= 0.6 is 0 Å². The van der Waals surface area contributed by atoms with Gasteiger partial charge in [0.1, 0.15) is 0 Å². The highest BCUT2D eigenvalue weighted by molar-refractivity contribution is 5.83. The Hall–Kier alpha value is -0.790. The van der Waals surface area contributed by atoms with Gasteiger partial charge in [0.2, 0.25) is 0 Å². The molecule has 1 heterocycles. The quantitative estimate of drug-likeness (QED) is 0.572. The highest BCUT2D eigenvalue weighted by atomic mass is 15.0.